The number of amides is 1. The lowest BCUT2D eigenvalue weighted by Crippen LogP contribution is -2.39. The molecule has 0 spiro atoms. The molecule has 90 valence electrons. The van der Waals surface area contributed by atoms with Crippen LogP contribution in [0.15, 0.2) is 6.20 Å². The average molecular weight is 225 g/mol. The van der Waals surface area contributed by atoms with E-state index in [0.717, 1.165) is 0 Å². The normalized spacial score (nSPS) is 11.2. The first-order valence-corrected chi connectivity index (χ1v) is 5.12. The van der Waals surface area contributed by atoms with Gasteiger partial charge in [-0.15, -0.1) is 0 Å². The lowest BCUT2D eigenvalue weighted by Gasteiger charge is -2.22. The van der Waals surface area contributed by atoms with E-state index in [1.807, 2.05) is 13.8 Å². The largest absolute Gasteiger partial charge is 0.394 e. The Morgan fingerprint density at radius 3 is 2.69 bits per heavy atom. The van der Waals surface area contributed by atoms with Crippen LogP contribution in [0.4, 0.5) is 11.5 Å². The molecule has 4 N–H and O–H groups in total. The minimum atomic E-state index is -0.501. The first kappa shape index (κ1) is 12.4. The third-order valence-corrected chi connectivity index (χ3v) is 2.40. The summed E-state index contributed by atoms with van der Waals surface area (Å²) in [5.41, 5.74) is 5.81. The van der Waals surface area contributed by atoms with Gasteiger partial charge in [0.25, 0.3) is 0 Å². The van der Waals surface area contributed by atoms with Gasteiger partial charge in [0.05, 0.1) is 11.1 Å². The van der Waals surface area contributed by atoms with Gasteiger partial charge in [-0.25, -0.2) is 0 Å². The van der Waals surface area contributed by atoms with E-state index < -0.39 is 5.41 Å². The maximum atomic E-state index is 11.5. The lowest BCUT2D eigenvalue weighted by molar-refractivity contribution is -0.128. The van der Waals surface area contributed by atoms with Crippen molar-refractivity contribution in [2.75, 3.05) is 24.6 Å². The second-order valence-corrected chi connectivity index (χ2v) is 4.42. The molecule has 1 aromatic rings. The van der Waals surface area contributed by atoms with Crippen LogP contribution < -0.4 is 16.4 Å². The Morgan fingerprint density at radius 2 is 2.25 bits per heavy atom. The van der Waals surface area contributed by atoms with Gasteiger partial charge in [0.2, 0.25) is 5.91 Å². The minimum absolute atomic E-state index is 0.0190. The van der Waals surface area contributed by atoms with Crippen LogP contribution in [0.1, 0.15) is 13.8 Å². The molecule has 0 atom stereocenters. The zero-order valence-corrected chi connectivity index (χ0v) is 10.2. The molecule has 1 amide bonds. The van der Waals surface area contributed by atoms with Gasteiger partial charge in [0.15, 0.2) is 5.82 Å². The molecule has 0 aromatic carbocycles. The fourth-order valence-electron chi connectivity index (χ4n) is 1.37. The van der Waals surface area contributed by atoms with Gasteiger partial charge in [0, 0.05) is 26.8 Å². The van der Waals surface area contributed by atoms with E-state index in [1.54, 1.807) is 25.0 Å². The average Bonchev–Trinajstić information content (AvgIpc) is 2.53. The number of carbonyl (C=O) groups is 1. The van der Waals surface area contributed by atoms with Crippen LogP contribution in [-0.2, 0) is 11.8 Å². The predicted molar refractivity (Wildman–Crippen MR) is 64.0 cm³/mol. The van der Waals surface area contributed by atoms with Crippen molar-refractivity contribution in [1.29, 1.82) is 0 Å². The standard InChI is InChI=1S/C10H19N5O/c1-10(2,9(16)12-3)6-13-8-7(11)5-15(4)14-8/h5H,6,11H2,1-4H3,(H,12,16)(H,13,14). The molecule has 1 aromatic heterocycles. The molecule has 1 heterocycles. The third kappa shape index (κ3) is 2.65. The van der Waals surface area contributed by atoms with Gasteiger partial charge >= 0.3 is 0 Å². The number of aromatic nitrogens is 2. The third-order valence-electron chi connectivity index (χ3n) is 2.40. The predicted octanol–water partition coefficient (Wildman–Crippen LogP) is 0.186. The second kappa shape index (κ2) is 4.42. The van der Waals surface area contributed by atoms with E-state index in [1.165, 1.54) is 0 Å². The Morgan fingerprint density at radius 1 is 1.62 bits per heavy atom. The smallest absolute Gasteiger partial charge is 0.227 e. The highest BCUT2D eigenvalue weighted by Crippen LogP contribution is 2.19. The number of nitrogens with two attached hydrogens (primary N) is 1. The van der Waals surface area contributed by atoms with E-state index >= 15 is 0 Å². The molecule has 0 unspecified atom stereocenters. The summed E-state index contributed by atoms with van der Waals surface area (Å²) in [4.78, 5) is 11.5. The number of aryl methyl sites for hydroxylation is 1. The van der Waals surface area contributed by atoms with E-state index in [9.17, 15) is 4.79 Å². The van der Waals surface area contributed by atoms with E-state index in [0.29, 0.717) is 18.1 Å². The van der Waals surface area contributed by atoms with Crippen LogP contribution >= 0.6 is 0 Å². The molecule has 0 bridgehead atoms. The number of hydrogen-bond acceptors (Lipinski definition) is 4. The summed E-state index contributed by atoms with van der Waals surface area (Å²) in [5, 5.41) is 9.84. The SMILES string of the molecule is CNC(=O)C(C)(C)CNc1nn(C)cc1N. The monoisotopic (exact) mass is 225 g/mol. The van der Waals surface area contributed by atoms with Crippen LogP contribution in [0.5, 0.6) is 0 Å². The number of nitrogens with one attached hydrogen (secondary N) is 2. The van der Waals surface area contributed by atoms with Crippen molar-refractivity contribution >= 4 is 17.4 Å². The molecular weight excluding hydrogens is 206 g/mol. The summed E-state index contributed by atoms with van der Waals surface area (Å²) in [6.45, 7) is 4.20. The Balaban J connectivity index is 2.64. The molecule has 0 radical (unpaired) electrons. The van der Waals surface area contributed by atoms with Gasteiger partial charge in [-0.2, -0.15) is 5.10 Å². The minimum Gasteiger partial charge on any atom is -0.394 e. The highest BCUT2D eigenvalue weighted by Gasteiger charge is 2.26. The Kier molecular flexibility index (Phi) is 3.41. The fourth-order valence-corrected chi connectivity index (χ4v) is 1.37. The number of anilines is 2. The zero-order chi connectivity index (χ0) is 12.3. The molecule has 0 fully saturated rings. The highest BCUT2D eigenvalue weighted by atomic mass is 16.2. The first-order chi connectivity index (χ1) is 7.36. The van der Waals surface area contributed by atoms with Crippen LogP contribution in [0, 0.1) is 5.41 Å². The van der Waals surface area contributed by atoms with Crippen molar-refractivity contribution in [2.24, 2.45) is 12.5 Å². The quantitative estimate of drug-likeness (QED) is 0.682. The molecule has 0 aliphatic heterocycles. The molecular formula is C10H19N5O. The lowest BCUT2D eigenvalue weighted by atomic mass is 9.92. The summed E-state index contributed by atoms with van der Waals surface area (Å²) in [6, 6.07) is 0. The van der Waals surface area contributed by atoms with E-state index in [2.05, 4.69) is 15.7 Å². The van der Waals surface area contributed by atoms with Crippen molar-refractivity contribution in [1.82, 2.24) is 15.1 Å². The second-order valence-electron chi connectivity index (χ2n) is 4.42. The molecule has 0 saturated heterocycles. The van der Waals surface area contributed by atoms with Crippen molar-refractivity contribution in [3.63, 3.8) is 0 Å². The van der Waals surface area contributed by atoms with Crippen LogP contribution in [0.2, 0.25) is 0 Å². The summed E-state index contributed by atoms with van der Waals surface area (Å²) in [6.07, 6.45) is 1.72. The Hall–Kier alpha value is -1.72. The number of nitrogen functional groups attached to an aromatic ring is 1. The molecule has 6 heteroatoms. The van der Waals surface area contributed by atoms with Crippen molar-refractivity contribution < 1.29 is 4.79 Å². The Bertz CT molecular complexity index is 383. The van der Waals surface area contributed by atoms with Crippen molar-refractivity contribution in [3.8, 4) is 0 Å². The topological polar surface area (TPSA) is 85.0 Å². The molecule has 1 rings (SSSR count). The summed E-state index contributed by atoms with van der Waals surface area (Å²) < 4.78 is 1.63. The van der Waals surface area contributed by atoms with Gasteiger partial charge < -0.3 is 16.4 Å². The van der Waals surface area contributed by atoms with E-state index in [-0.39, 0.29) is 5.91 Å². The maximum Gasteiger partial charge on any atom is 0.227 e. The van der Waals surface area contributed by atoms with Crippen molar-refractivity contribution in [3.05, 3.63) is 6.20 Å². The fraction of sp³-hybridized carbons (Fsp3) is 0.600. The van der Waals surface area contributed by atoms with Crippen LogP contribution in [-0.4, -0.2) is 29.3 Å². The number of nitrogens with zero attached hydrogens (tertiary/aromatic N) is 2. The summed E-state index contributed by atoms with van der Waals surface area (Å²) >= 11 is 0. The van der Waals surface area contributed by atoms with E-state index in [4.69, 9.17) is 5.73 Å². The maximum absolute atomic E-state index is 11.5. The van der Waals surface area contributed by atoms with Gasteiger partial charge in [0.1, 0.15) is 0 Å². The molecule has 6 nitrogen and oxygen atoms in total. The first-order valence-electron chi connectivity index (χ1n) is 5.12. The molecule has 0 aliphatic carbocycles. The van der Waals surface area contributed by atoms with Gasteiger partial charge in [-0.3, -0.25) is 9.48 Å². The highest BCUT2D eigenvalue weighted by molar-refractivity contribution is 5.82. The summed E-state index contributed by atoms with van der Waals surface area (Å²) in [7, 11) is 3.42. The number of hydrogen-bond donors (Lipinski definition) is 3. The zero-order valence-electron chi connectivity index (χ0n) is 10.2. The molecule has 0 aliphatic rings. The Labute approximate surface area is 95.2 Å². The van der Waals surface area contributed by atoms with Gasteiger partial charge in [-0.05, 0) is 13.8 Å². The number of carbonyl (C=O) groups excluding carboxylic acids is 1. The van der Waals surface area contributed by atoms with Crippen LogP contribution in [0.3, 0.4) is 0 Å². The van der Waals surface area contributed by atoms with Gasteiger partial charge in [-0.1, -0.05) is 0 Å². The summed E-state index contributed by atoms with van der Waals surface area (Å²) in [5.74, 6) is 0.592. The molecule has 16 heavy (non-hydrogen) atoms. The van der Waals surface area contributed by atoms with Crippen molar-refractivity contribution in [2.45, 2.75) is 13.8 Å². The number of rotatable bonds is 4. The molecule has 0 saturated carbocycles. The van der Waals surface area contributed by atoms with Crippen LogP contribution in [0.25, 0.3) is 0 Å².